The molecule has 1 aliphatic rings. The second-order valence-electron chi connectivity index (χ2n) is 5.15. The Morgan fingerprint density at radius 2 is 2.09 bits per heavy atom. The van der Waals surface area contributed by atoms with Gasteiger partial charge in [0.1, 0.15) is 6.61 Å². The number of benzene rings is 1. The number of ether oxygens (including phenoxy) is 1. The quantitative estimate of drug-likeness (QED) is 0.837. The van der Waals surface area contributed by atoms with Crippen LogP contribution in [0.2, 0.25) is 0 Å². The first-order chi connectivity index (χ1) is 10.8. The van der Waals surface area contributed by atoms with Gasteiger partial charge in [-0.3, -0.25) is 4.79 Å². The molecule has 2 aromatic rings. The van der Waals surface area contributed by atoms with Crippen LogP contribution < -0.4 is 4.90 Å². The normalized spacial score (nSPS) is 15.4. The molecule has 0 saturated carbocycles. The number of aromatic nitrogens is 2. The average molecular weight is 318 g/mol. The molecular weight excluding hydrogens is 300 g/mol. The first-order valence-corrected chi connectivity index (χ1v) is 7.92. The molecule has 0 spiro atoms. The van der Waals surface area contributed by atoms with E-state index in [1.807, 2.05) is 40.1 Å². The molecule has 1 aromatic carbocycles. The van der Waals surface area contributed by atoms with Crippen molar-refractivity contribution in [3.63, 3.8) is 0 Å². The van der Waals surface area contributed by atoms with E-state index in [1.54, 1.807) is 7.11 Å². The topological polar surface area (TPSA) is 58.6 Å². The molecule has 0 N–H and O–H groups in total. The lowest BCUT2D eigenvalue weighted by atomic mass is 10.2. The number of hydrogen-bond acceptors (Lipinski definition) is 6. The number of anilines is 1. The van der Waals surface area contributed by atoms with Crippen molar-refractivity contribution in [2.75, 3.05) is 31.6 Å². The monoisotopic (exact) mass is 318 g/mol. The van der Waals surface area contributed by atoms with Crippen LogP contribution in [0.4, 0.5) is 5.13 Å². The maximum atomic E-state index is 12.3. The van der Waals surface area contributed by atoms with E-state index in [1.165, 1.54) is 11.5 Å². The summed E-state index contributed by atoms with van der Waals surface area (Å²) in [5.74, 6) is 0.792. The van der Waals surface area contributed by atoms with E-state index < -0.39 is 0 Å². The maximum absolute atomic E-state index is 12.3. The number of hydrogen-bond donors (Lipinski definition) is 0. The van der Waals surface area contributed by atoms with Crippen LogP contribution in [0.5, 0.6) is 0 Å². The van der Waals surface area contributed by atoms with Crippen molar-refractivity contribution in [1.82, 2.24) is 14.3 Å². The number of carbonyl (C=O) groups excluding carboxylic acids is 1. The third-order valence-corrected chi connectivity index (χ3v) is 4.35. The highest BCUT2D eigenvalue weighted by molar-refractivity contribution is 7.09. The Kier molecular flexibility index (Phi) is 4.65. The fourth-order valence-electron chi connectivity index (χ4n) is 2.40. The lowest BCUT2D eigenvalue weighted by Crippen LogP contribution is -2.50. The number of carbonyl (C=O) groups is 1. The number of nitrogens with zero attached hydrogens (tertiary/aromatic N) is 4. The summed E-state index contributed by atoms with van der Waals surface area (Å²) in [6.07, 6.45) is 0. The van der Waals surface area contributed by atoms with Crippen molar-refractivity contribution in [2.24, 2.45) is 0 Å². The van der Waals surface area contributed by atoms with Gasteiger partial charge in [-0.15, -0.1) is 0 Å². The van der Waals surface area contributed by atoms with E-state index in [4.69, 9.17) is 4.74 Å². The summed E-state index contributed by atoms with van der Waals surface area (Å²) in [6.45, 7) is 2.90. The van der Waals surface area contributed by atoms with Crippen LogP contribution >= 0.6 is 11.5 Å². The van der Waals surface area contributed by atoms with Crippen molar-refractivity contribution in [1.29, 1.82) is 0 Å². The Morgan fingerprint density at radius 1 is 1.27 bits per heavy atom. The van der Waals surface area contributed by atoms with Crippen molar-refractivity contribution in [2.45, 2.75) is 13.2 Å². The summed E-state index contributed by atoms with van der Waals surface area (Å²) < 4.78 is 9.25. The molecule has 116 valence electrons. The van der Waals surface area contributed by atoms with Gasteiger partial charge in [-0.2, -0.15) is 4.37 Å². The second-order valence-corrected chi connectivity index (χ2v) is 5.88. The van der Waals surface area contributed by atoms with Gasteiger partial charge in [0.05, 0.1) is 6.54 Å². The third-order valence-electron chi connectivity index (χ3n) is 3.54. The molecule has 0 atom stereocenters. The van der Waals surface area contributed by atoms with Crippen molar-refractivity contribution >= 4 is 22.6 Å². The van der Waals surface area contributed by atoms with Crippen molar-refractivity contribution in [3.05, 3.63) is 41.7 Å². The molecule has 3 rings (SSSR count). The van der Waals surface area contributed by atoms with Gasteiger partial charge >= 0.3 is 0 Å². The summed E-state index contributed by atoms with van der Waals surface area (Å²) in [6, 6.07) is 10.1. The molecule has 0 unspecified atom stereocenters. The lowest BCUT2D eigenvalue weighted by Gasteiger charge is -2.34. The fraction of sp³-hybridized carbons (Fsp3) is 0.400. The zero-order valence-electron chi connectivity index (χ0n) is 12.4. The Labute approximate surface area is 133 Å². The standard InChI is InChI=1S/C15H18N4O2S/c1-21-11-13-16-15(22-17-13)19-8-7-18(14(20)10-19)9-12-5-3-2-4-6-12/h2-6H,7-11H2,1H3. The molecule has 0 bridgehead atoms. The van der Waals surface area contributed by atoms with E-state index in [2.05, 4.69) is 9.36 Å². The van der Waals surface area contributed by atoms with Gasteiger partial charge in [0.15, 0.2) is 5.82 Å². The van der Waals surface area contributed by atoms with Crippen LogP contribution in [0.1, 0.15) is 11.4 Å². The van der Waals surface area contributed by atoms with Crippen molar-refractivity contribution < 1.29 is 9.53 Å². The molecule has 1 saturated heterocycles. The highest BCUT2D eigenvalue weighted by Crippen LogP contribution is 2.20. The van der Waals surface area contributed by atoms with Crippen LogP contribution in [0.15, 0.2) is 30.3 Å². The summed E-state index contributed by atoms with van der Waals surface area (Å²) in [5, 5.41) is 0.791. The van der Waals surface area contributed by atoms with Gasteiger partial charge in [-0.05, 0) is 5.56 Å². The van der Waals surface area contributed by atoms with E-state index >= 15 is 0 Å². The molecule has 1 amide bonds. The molecule has 2 heterocycles. The van der Waals surface area contributed by atoms with Crippen molar-refractivity contribution in [3.8, 4) is 0 Å². The molecule has 0 aliphatic carbocycles. The predicted octanol–water partition coefficient (Wildman–Crippen LogP) is 1.53. The molecule has 6 nitrogen and oxygen atoms in total. The van der Waals surface area contributed by atoms with Gasteiger partial charge in [-0.1, -0.05) is 30.3 Å². The third kappa shape index (κ3) is 3.42. The zero-order valence-corrected chi connectivity index (χ0v) is 13.3. The molecule has 1 aliphatic heterocycles. The highest BCUT2D eigenvalue weighted by atomic mass is 32.1. The number of methoxy groups -OCH3 is 1. The van der Waals surface area contributed by atoms with Gasteiger partial charge in [0.25, 0.3) is 0 Å². The maximum Gasteiger partial charge on any atom is 0.242 e. The predicted molar refractivity (Wildman–Crippen MR) is 84.7 cm³/mol. The molecule has 0 radical (unpaired) electrons. The van der Waals surface area contributed by atoms with Crippen LogP contribution in [0, 0.1) is 0 Å². The Balaban J connectivity index is 1.60. The lowest BCUT2D eigenvalue weighted by molar-refractivity contribution is -0.131. The van der Waals surface area contributed by atoms with Crippen LogP contribution in [0.3, 0.4) is 0 Å². The minimum atomic E-state index is 0.124. The summed E-state index contributed by atoms with van der Waals surface area (Å²) in [4.78, 5) is 20.6. The second kappa shape index (κ2) is 6.85. The van der Waals surface area contributed by atoms with E-state index in [9.17, 15) is 4.79 Å². The van der Waals surface area contributed by atoms with Crippen LogP contribution in [0.25, 0.3) is 0 Å². The first kappa shape index (κ1) is 14.9. The number of piperazine rings is 1. The molecule has 7 heteroatoms. The average Bonchev–Trinajstić information content (AvgIpc) is 2.99. The number of amides is 1. The molecule has 1 aromatic heterocycles. The van der Waals surface area contributed by atoms with Crippen LogP contribution in [-0.2, 0) is 22.7 Å². The molecule has 22 heavy (non-hydrogen) atoms. The molecular formula is C15H18N4O2S. The van der Waals surface area contributed by atoms with Gasteiger partial charge in [-0.25, -0.2) is 4.98 Å². The van der Waals surface area contributed by atoms with Gasteiger partial charge in [0.2, 0.25) is 11.0 Å². The van der Waals surface area contributed by atoms with Gasteiger partial charge in [0, 0.05) is 38.3 Å². The molecule has 1 fully saturated rings. The smallest absolute Gasteiger partial charge is 0.242 e. The minimum Gasteiger partial charge on any atom is -0.377 e. The fourth-order valence-corrected chi connectivity index (χ4v) is 3.10. The minimum absolute atomic E-state index is 0.124. The number of rotatable bonds is 5. The first-order valence-electron chi connectivity index (χ1n) is 7.14. The van der Waals surface area contributed by atoms with E-state index in [0.717, 1.165) is 17.2 Å². The Hall–Kier alpha value is -1.99. The van der Waals surface area contributed by atoms with Gasteiger partial charge < -0.3 is 14.5 Å². The zero-order chi connectivity index (χ0) is 15.4. The Morgan fingerprint density at radius 3 is 2.82 bits per heavy atom. The summed E-state index contributed by atoms with van der Waals surface area (Å²) >= 11 is 1.32. The summed E-state index contributed by atoms with van der Waals surface area (Å²) in [5.41, 5.74) is 1.16. The SMILES string of the molecule is COCc1nsc(N2CCN(Cc3ccccc3)C(=O)C2)n1. The van der Waals surface area contributed by atoms with E-state index in [-0.39, 0.29) is 5.91 Å². The van der Waals surface area contributed by atoms with E-state index in [0.29, 0.717) is 32.1 Å². The summed E-state index contributed by atoms with van der Waals surface area (Å²) in [7, 11) is 1.62. The van der Waals surface area contributed by atoms with Crippen LogP contribution in [-0.4, -0.2) is 46.9 Å². The highest BCUT2D eigenvalue weighted by Gasteiger charge is 2.26. The Bertz CT molecular complexity index is 631. The largest absolute Gasteiger partial charge is 0.377 e.